The lowest BCUT2D eigenvalue weighted by atomic mass is 10.1. The van der Waals surface area contributed by atoms with E-state index in [0.29, 0.717) is 39.3 Å². The van der Waals surface area contributed by atoms with Crippen LogP contribution in [-0.2, 0) is 31.1 Å². The molecular formula is C37H39N3O4. The summed E-state index contributed by atoms with van der Waals surface area (Å²) < 4.78 is 12.7. The third-order valence-electron chi connectivity index (χ3n) is 7.57. The molecule has 0 spiro atoms. The van der Waals surface area contributed by atoms with Crippen LogP contribution in [-0.4, -0.2) is 33.5 Å². The van der Waals surface area contributed by atoms with Crippen molar-refractivity contribution in [1.29, 1.82) is 0 Å². The molecule has 0 aliphatic rings. The molecule has 1 aromatic heterocycles. The Labute approximate surface area is 258 Å². The van der Waals surface area contributed by atoms with E-state index in [9.17, 15) is 9.90 Å². The van der Waals surface area contributed by atoms with Crippen LogP contribution in [0.25, 0.3) is 10.9 Å². The highest BCUT2D eigenvalue weighted by Crippen LogP contribution is 2.29. The summed E-state index contributed by atoms with van der Waals surface area (Å²) in [6, 6.07) is 31.6. The highest BCUT2D eigenvalue weighted by Gasteiger charge is 2.18. The van der Waals surface area contributed by atoms with Gasteiger partial charge in [-0.1, -0.05) is 83.9 Å². The number of benzene rings is 4. The number of hydrogen-bond acceptors (Lipinski definition) is 6. The van der Waals surface area contributed by atoms with E-state index in [1.165, 1.54) is 11.1 Å². The van der Waals surface area contributed by atoms with Crippen molar-refractivity contribution in [2.24, 2.45) is 5.73 Å². The number of aliphatic carboxylic acids is 1. The zero-order valence-electron chi connectivity index (χ0n) is 25.3. The Bertz CT molecular complexity index is 1720. The topological polar surface area (TPSA) is 97.9 Å². The largest absolute Gasteiger partial charge is 0.489 e. The first-order valence-corrected chi connectivity index (χ1v) is 14.9. The van der Waals surface area contributed by atoms with E-state index >= 15 is 0 Å². The highest BCUT2D eigenvalue weighted by molar-refractivity contribution is 5.81. The summed E-state index contributed by atoms with van der Waals surface area (Å²) in [5, 5.41) is 10.5. The maximum absolute atomic E-state index is 11.6. The number of aryl methyl sites for hydroxylation is 2. The second-order valence-corrected chi connectivity index (χ2v) is 11.3. The normalized spacial score (nSPS) is 11.9. The van der Waals surface area contributed by atoms with Gasteiger partial charge < -0.3 is 20.3 Å². The molecule has 5 aromatic rings. The summed E-state index contributed by atoms with van der Waals surface area (Å²) in [6.45, 7) is 6.55. The zero-order chi connectivity index (χ0) is 30.9. The van der Waals surface area contributed by atoms with Gasteiger partial charge in [0.05, 0.1) is 5.52 Å². The fourth-order valence-corrected chi connectivity index (χ4v) is 5.25. The van der Waals surface area contributed by atoms with Crippen molar-refractivity contribution in [2.45, 2.75) is 52.6 Å². The maximum atomic E-state index is 11.6. The van der Waals surface area contributed by atoms with Gasteiger partial charge in [0, 0.05) is 48.4 Å². The van der Waals surface area contributed by atoms with Gasteiger partial charge >= 0.3 is 5.97 Å². The van der Waals surface area contributed by atoms with Crippen LogP contribution >= 0.6 is 0 Å². The van der Waals surface area contributed by atoms with Gasteiger partial charge in [-0.15, -0.1) is 0 Å². The third kappa shape index (κ3) is 8.43. The number of pyridine rings is 1. The molecule has 0 saturated heterocycles. The predicted molar refractivity (Wildman–Crippen MR) is 174 cm³/mol. The van der Waals surface area contributed by atoms with E-state index in [4.69, 9.17) is 15.2 Å². The molecule has 0 unspecified atom stereocenters. The minimum absolute atomic E-state index is 0.302. The Hall–Kier alpha value is -4.72. The summed E-state index contributed by atoms with van der Waals surface area (Å²) >= 11 is 0. The van der Waals surface area contributed by atoms with Gasteiger partial charge in [0.25, 0.3) is 0 Å². The Morgan fingerprint density at radius 1 is 0.795 bits per heavy atom. The summed E-state index contributed by atoms with van der Waals surface area (Å²) in [5.74, 6) is 0.528. The average Bonchev–Trinajstić information content (AvgIpc) is 3.02. The lowest BCUT2D eigenvalue weighted by Gasteiger charge is -2.26. The van der Waals surface area contributed by atoms with Gasteiger partial charge in [-0.25, -0.2) is 0 Å². The molecule has 1 heterocycles. The van der Waals surface area contributed by atoms with Crippen molar-refractivity contribution in [1.82, 2.24) is 9.88 Å². The number of carboxylic acid groups (broad SMARTS) is 1. The van der Waals surface area contributed by atoms with E-state index < -0.39 is 12.0 Å². The van der Waals surface area contributed by atoms with Crippen molar-refractivity contribution < 1.29 is 19.4 Å². The Balaban J connectivity index is 1.42. The van der Waals surface area contributed by atoms with E-state index in [0.717, 1.165) is 44.7 Å². The first kappa shape index (κ1) is 30.7. The number of para-hydroxylation sites is 1. The van der Waals surface area contributed by atoms with Gasteiger partial charge in [-0.2, -0.15) is 0 Å². The molecule has 4 aromatic carbocycles. The fourth-order valence-electron chi connectivity index (χ4n) is 5.25. The average molecular weight is 590 g/mol. The van der Waals surface area contributed by atoms with Crippen LogP contribution in [0.15, 0.2) is 103 Å². The SMILES string of the molecule is Cc1cccc(COc2ccccc2CN(CC[C@H](N)C(=O)O)Cc2cc3cccnc3cc2OCc2cccc(C)c2)c1. The Morgan fingerprint density at radius 2 is 1.45 bits per heavy atom. The summed E-state index contributed by atoms with van der Waals surface area (Å²) in [7, 11) is 0. The van der Waals surface area contributed by atoms with Crippen molar-refractivity contribution in [2.75, 3.05) is 6.54 Å². The first-order valence-electron chi connectivity index (χ1n) is 14.9. The fraction of sp³-hybridized carbons (Fsp3) is 0.243. The molecule has 0 bridgehead atoms. The standard InChI is InChI=1S/C37H39N3O4/c1-26-8-5-10-28(18-26)24-43-35-14-4-3-12-31(35)22-40(17-15-33(38)37(41)42)23-32-20-30-13-7-16-39-34(30)21-36(32)44-25-29-11-6-9-27(2)19-29/h3-14,16,18-21,33H,15,17,22-25,38H2,1-2H3,(H,41,42)/t33-/m0/s1. The molecular weight excluding hydrogens is 550 g/mol. The predicted octanol–water partition coefficient (Wildman–Crippen LogP) is 6.81. The van der Waals surface area contributed by atoms with Crippen LogP contribution in [0, 0.1) is 13.8 Å². The highest BCUT2D eigenvalue weighted by atomic mass is 16.5. The van der Waals surface area contributed by atoms with Crippen LogP contribution in [0.4, 0.5) is 0 Å². The molecule has 5 rings (SSSR count). The van der Waals surface area contributed by atoms with Gasteiger partial charge in [0.1, 0.15) is 30.8 Å². The number of aromatic nitrogens is 1. The maximum Gasteiger partial charge on any atom is 0.320 e. The number of nitrogens with zero attached hydrogens (tertiary/aromatic N) is 2. The Morgan fingerprint density at radius 3 is 2.14 bits per heavy atom. The van der Waals surface area contributed by atoms with Crippen molar-refractivity contribution in [3.63, 3.8) is 0 Å². The quantitative estimate of drug-likeness (QED) is 0.147. The molecule has 0 aliphatic carbocycles. The number of carboxylic acids is 1. The molecule has 1 atom stereocenters. The molecule has 7 nitrogen and oxygen atoms in total. The molecule has 0 saturated carbocycles. The zero-order valence-corrected chi connectivity index (χ0v) is 25.3. The molecule has 0 amide bonds. The van der Waals surface area contributed by atoms with Gasteiger partial charge in [0.2, 0.25) is 0 Å². The van der Waals surface area contributed by atoms with E-state index in [1.807, 2.05) is 48.5 Å². The van der Waals surface area contributed by atoms with Crippen molar-refractivity contribution in [3.8, 4) is 11.5 Å². The van der Waals surface area contributed by atoms with Crippen LogP contribution in [0.5, 0.6) is 11.5 Å². The van der Waals surface area contributed by atoms with E-state index in [2.05, 4.69) is 72.3 Å². The number of ether oxygens (including phenoxy) is 2. The van der Waals surface area contributed by atoms with Crippen LogP contribution in [0.3, 0.4) is 0 Å². The number of carbonyl (C=O) groups is 1. The first-order chi connectivity index (χ1) is 21.3. The van der Waals surface area contributed by atoms with Gasteiger partial charge in [-0.3, -0.25) is 14.7 Å². The molecule has 3 N–H and O–H groups in total. The Kier molecular flexibility index (Phi) is 10.2. The molecule has 0 radical (unpaired) electrons. The minimum atomic E-state index is -1.01. The number of rotatable bonds is 14. The van der Waals surface area contributed by atoms with Gasteiger partial charge in [-0.05, 0) is 49.6 Å². The van der Waals surface area contributed by atoms with Crippen LogP contribution in [0.2, 0.25) is 0 Å². The number of fused-ring (bicyclic) bond motifs is 1. The number of nitrogens with two attached hydrogens (primary N) is 1. The third-order valence-corrected chi connectivity index (χ3v) is 7.57. The molecule has 44 heavy (non-hydrogen) atoms. The number of hydrogen-bond donors (Lipinski definition) is 2. The summed E-state index contributed by atoms with van der Waals surface area (Å²) in [4.78, 5) is 18.3. The minimum Gasteiger partial charge on any atom is -0.489 e. The van der Waals surface area contributed by atoms with E-state index in [-0.39, 0.29) is 0 Å². The lowest BCUT2D eigenvalue weighted by Crippen LogP contribution is -2.35. The van der Waals surface area contributed by atoms with Crippen molar-refractivity contribution in [3.05, 3.63) is 137 Å². The van der Waals surface area contributed by atoms with Gasteiger partial charge in [0.15, 0.2) is 0 Å². The molecule has 226 valence electrons. The summed E-state index contributed by atoms with van der Waals surface area (Å²) in [6.07, 6.45) is 2.08. The summed E-state index contributed by atoms with van der Waals surface area (Å²) in [5.41, 5.74) is 13.3. The van der Waals surface area contributed by atoms with Crippen molar-refractivity contribution >= 4 is 16.9 Å². The lowest BCUT2D eigenvalue weighted by molar-refractivity contribution is -0.138. The molecule has 7 heteroatoms. The van der Waals surface area contributed by atoms with Crippen LogP contribution < -0.4 is 15.2 Å². The smallest absolute Gasteiger partial charge is 0.320 e. The molecule has 0 aliphatic heterocycles. The second-order valence-electron chi connectivity index (χ2n) is 11.3. The second kappa shape index (κ2) is 14.6. The van der Waals surface area contributed by atoms with Crippen LogP contribution in [0.1, 0.15) is 39.8 Å². The molecule has 0 fully saturated rings. The monoisotopic (exact) mass is 589 g/mol. The van der Waals surface area contributed by atoms with E-state index in [1.54, 1.807) is 6.20 Å².